The van der Waals surface area contributed by atoms with Crippen LogP contribution in [0.5, 0.6) is 0 Å². The van der Waals surface area contributed by atoms with Crippen molar-refractivity contribution in [2.75, 3.05) is 5.32 Å². The number of imidazole rings is 1. The van der Waals surface area contributed by atoms with Gasteiger partial charge in [0.1, 0.15) is 5.82 Å². The van der Waals surface area contributed by atoms with Crippen molar-refractivity contribution < 1.29 is 13.2 Å². The van der Waals surface area contributed by atoms with Gasteiger partial charge < -0.3 is 9.88 Å². The highest BCUT2D eigenvalue weighted by molar-refractivity contribution is 7.13. The van der Waals surface area contributed by atoms with E-state index < -0.39 is 11.9 Å². The summed E-state index contributed by atoms with van der Waals surface area (Å²) in [5, 5.41) is 5.90. The summed E-state index contributed by atoms with van der Waals surface area (Å²) in [6.07, 6.45) is -1.66. The van der Waals surface area contributed by atoms with E-state index in [2.05, 4.69) is 15.3 Å². The van der Waals surface area contributed by atoms with Gasteiger partial charge in [0.15, 0.2) is 10.8 Å². The van der Waals surface area contributed by atoms with Crippen LogP contribution in [0, 0.1) is 0 Å². The van der Waals surface area contributed by atoms with E-state index in [0.717, 1.165) is 16.9 Å². The SMILES string of the molecule is CC(C)n1cc(C(F)(F)F)nc1-c1ccc(CNc2nccs2)cc1. The molecule has 0 unspecified atom stereocenters. The van der Waals surface area contributed by atoms with Crippen LogP contribution in [0.2, 0.25) is 0 Å². The maximum atomic E-state index is 13.0. The van der Waals surface area contributed by atoms with Gasteiger partial charge >= 0.3 is 6.18 Å². The third-order valence-corrected chi connectivity index (χ3v) is 4.40. The highest BCUT2D eigenvalue weighted by Crippen LogP contribution is 2.32. The third kappa shape index (κ3) is 4.01. The van der Waals surface area contributed by atoms with E-state index in [1.54, 1.807) is 22.9 Å². The van der Waals surface area contributed by atoms with Gasteiger partial charge in [0, 0.05) is 35.9 Å². The van der Waals surface area contributed by atoms with E-state index in [1.165, 1.54) is 11.3 Å². The van der Waals surface area contributed by atoms with E-state index in [0.29, 0.717) is 17.9 Å². The summed E-state index contributed by atoms with van der Waals surface area (Å²) in [5.41, 5.74) is 0.797. The summed E-state index contributed by atoms with van der Waals surface area (Å²) in [6.45, 7) is 4.26. The van der Waals surface area contributed by atoms with Crippen LogP contribution in [0.25, 0.3) is 11.4 Å². The minimum absolute atomic E-state index is 0.121. The summed E-state index contributed by atoms with van der Waals surface area (Å²) in [7, 11) is 0. The van der Waals surface area contributed by atoms with E-state index in [-0.39, 0.29) is 6.04 Å². The molecule has 2 aromatic heterocycles. The van der Waals surface area contributed by atoms with Crippen molar-refractivity contribution in [1.29, 1.82) is 0 Å². The van der Waals surface area contributed by atoms with Crippen LogP contribution in [0.3, 0.4) is 0 Å². The summed E-state index contributed by atoms with van der Waals surface area (Å²) >= 11 is 1.51. The first-order valence-corrected chi connectivity index (χ1v) is 8.61. The average molecular weight is 366 g/mol. The highest BCUT2D eigenvalue weighted by atomic mass is 32.1. The van der Waals surface area contributed by atoms with Gasteiger partial charge in [0.25, 0.3) is 0 Å². The molecule has 0 amide bonds. The number of hydrogen-bond donors (Lipinski definition) is 1. The number of halogens is 3. The Morgan fingerprint density at radius 1 is 1.20 bits per heavy atom. The van der Waals surface area contributed by atoms with Crippen molar-refractivity contribution in [3.8, 4) is 11.4 Å². The molecular formula is C17H17F3N4S. The average Bonchev–Trinajstić information content (AvgIpc) is 3.22. The number of hydrogen-bond acceptors (Lipinski definition) is 4. The first-order chi connectivity index (χ1) is 11.8. The number of nitrogens with zero attached hydrogens (tertiary/aromatic N) is 3. The maximum Gasteiger partial charge on any atom is 0.434 e. The monoisotopic (exact) mass is 366 g/mol. The summed E-state index contributed by atoms with van der Waals surface area (Å²) in [4.78, 5) is 7.94. The number of nitrogens with one attached hydrogen (secondary N) is 1. The predicted molar refractivity (Wildman–Crippen MR) is 92.5 cm³/mol. The molecule has 0 spiro atoms. The fraction of sp³-hybridized carbons (Fsp3) is 0.294. The van der Waals surface area contributed by atoms with E-state index in [4.69, 9.17) is 0 Å². The van der Waals surface area contributed by atoms with Crippen molar-refractivity contribution in [3.05, 3.63) is 53.3 Å². The molecule has 25 heavy (non-hydrogen) atoms. The molecule has 0 atom stereocenters. The zero-order chi connectivity index (χ0) is 18.0. The second-order valence-electron chi connectivity index (χ2n) is 5.84. The molecule has 0 saturated heterocycles. The lowest BCUT2D eigenvalue weighted by Crippen LogP contribution is -2.05. The fourth-order valence-electron chi connectivity index (χ4n) is 2.40. The number of rotatable bonds is 5. The minimum atomic E-state index is -4.45. The molecule has 0 bridgehead atoms. The standard InChI is InChI=1S/C17H17F3N4S/c1-11(2)24-10-14(17(18,19)20)23-15(24)13-5-3-12(4-6-13)9-22-16-21-7-8-25-16/h3-8,10-11H,9H2,1-2H3,(H,21,22). The molecule has 0 aliphatic heterocycles. The third-order valence-electron chi connectivity index (χ3n) is 3.67. The Labute approximate surface area is 147 Å². The van der Waals surface area contributed by atoms with Crippen molar-refractivity contribution in [2.24, 2.45) is 0 Å². The Morgan fingerprint density at radius 3 is 2.48 bits per heavy atom. The molecule has 2 heterocycles. The van der Waals surface area contributed by atoms with Crippen LogP contribution in [0.4, 0.5) is 18.3 Å². The molecule has 0 aliphatic rings. The molecule has 1 aromatic carbocycles. The van der Waals surface area contributed by atoms with E-state index >= 15 is 0 Å². The molecule has 0 saturated carbocycles. The van der Waals surface area contributed by atoms with Gasteiger partial charge in [-0.05, 0) is 19.4 Å². The second kappa shape index (κ2) is 6.87. The van der Waals surface area contributed by atoms with Crippen LogP contribution in [0.1, 0.15) is 31.1 Å². The molecule has 4 nitrogen and oxygen atoms in total. The number of anilines is 1. The summed E-state index contributed by atoms with van der Waals surface area (Å²) in [6, 6.07) is 7.22. The van der Waals surface area contributed by atoms with Gasteiger partial charge in [-0.25, -0.2) is 9.97 Å². The summed E-state index contributed by atoms with van der Waals surface area (Å²) in [5.74, 6) is 0.321. The Morgan fingerprint density at radius 2 is 1.92 bits per heavy atom. The van der Waals surface area contributed by atoms with Gasteiger partial charge in [-0.1, -0.05) is 24.3 Å². The molecule has 132 valence electrons. The number of benzene rings is 1. The topological polar surface area (TPSA) is 42.7 Å². The number of alkyl halides is 3. The van der Waals surface area contributed by atoms with Gasteiger partial charge in [-0.3, -0.25) is 0 Å². The van der Waals surface area contributed by atoms with Crippen molar-refractivity contribution >= 4 is 16.5 Å². The Kier molecular flexibility index (Phi) is 4.80. The lowest BCUT2D eigenvalue weighted by molar-refractivity contribution is -0.140. The van der Waals surface area contributed by atoms with Crippen LogP contribution in [0.15, 0.2) is 42.0 Å². The first-order valence-electron chi connectivity index (χ1n) is 7.73. The van der Waals surface area contributed by atoms with Gasteiger partial charge in [0.05, 0.1) is 0 Å². The first kappa shape index (κ1) is 17.5. The van der Waals surface area contributed by atoms with Crippen LogP contribution < -0.4 is 5.32 Å². The van der Waals surface area contributed by atoms with E-state index in [9.17, 15) is 13.2 Å². The molecule has 3 rings (SSSR count). The Bertz CT molecular complexity index is 821. The highest BCUT2D eigenvalue weighted by Gasteiger charge is 2.35. The van der Waals surface area contributed by atoms with Crippen LogP contribution in [-0.2, 0) is 12.7 Å². The molecule has 8 heteroatoms. The molecule has 1 N–H and O–H groups in total. The lowest BCUT2D eigenvalue weighted by atomic mass is 10.1. The molecule has 0 fully saturated rings. The van der Waals surface area contributed by atoms with Gasteiger partial charge in [-0.2, -0.15) is 13.2 Å². The maximum absolute atomic E-state index is 13.0. The fourth-order valence-corrected chi connectivity index (χ4v) is 2.93. The van der Waals surface area contributed by atoms with Crippen molar-refractivity contribution in [1.82, 2.24) is 14.5 Å². The normalized spacial score (nSPS) is 11.9. The Balaban J connectivity index is 1.83. The molecular weight excluding hydrogens is 349 g/mol. The smallest absolute Gasteiger partial charge is 0.357 e. The van der Waals surface area contributed by atoms with E-state index in [1.807, 2.05) is 31.4 Å². The lowest BCUT2D eigenvalue weighted by Gasteiger charge is -2.11. The zero-order valence-corrected chi connectivity index (χ0v) is 14.5. The van der Waals surface area contributed by atoms with Crippen molar-refractivity contribution in [3.63, 3.8) is 0 Å². The number of thiazole rings is 1. The number of aromatic nitrogens is 3. The van der Waals surface area contributed by atoms with Crippen LogP contribution >= 0.6 is 11.3 Å². The quantitative estimate of drug-likeness (QED) is 0.673. The zero-order valence-electron chi connectivity index (χ0n) is 13.7. The Hall–Kier alpha value is -2.35. The second-order valence-corrected chi connectivity index (χ2v) is 6.73. The predicted octanol–water partition coefficient (Wildman–Crippen LogP) is 5.22. The molecule has 3 aromatic rings. The largest absolute Gasteiger partial charge is 0.434 e. The molecule has 0 aliphatic carbocycles. The van der Waals surface area contributed by atoms with Crippen molar-refractivity contribution in [2.45, 2.75) is 32.6 Å². The molecule has 0 radical (unpaired) electrons. The minimum Gasteiger partial charge on any atom is -0.357 e. The summed E-state index contributed by atoms with van der Waals surface area (Å²) < 4.78 is 40.5. The van der Waals surface area contributed by atoms with Gasteiger partial charge in [0.2, 0.25) is 0 Å². The van der Waals surface area contributed by atoms with Crippen LogP contribution in [-0.4, -0.2) is 14.5 Å². The van der Waals surface area contributed by atoms with Gasteiger partial charge in [-0.15, -0.1) is 11.3 Å².